The van der Waals surface area contributed by atoms with Crippen LogP contribution in [0.4, 0.5) is 0 Å². The maximum Gasteiger partial charge on any atom is 0.118 e. The molecule has 2 saturated carbocycles. The predicted molar refractivity (Wildman–Crippen MR) is 89.5 cm³/mol. The van der Waals surface area contributed by atoms with Crippen LogP contribution in [-0.4, -0.2) is 19.7 Å². The summed E-state index contributed by atoms with van der Waals surface area (Å²) in [5.74, 6) is 1.66. The van der Waals surface area contributed by atoms with E-state index in [0.29, 0.717) is 17.4 Å². The normalized spacial score (nSPS) is 24.8. The quantitative estimate of drug-likeness (QED) is 0.873. The minimum Gasteiger partial charge on any atom is -0.497 e. The maximum absolute atomic E-state index is 5.26. The third kappa shape index (κ3) is 2.64. The predicted octanol–water partition coefficient (Wildman–Crippen LogP) is 3.87. The van der Waals surface area contributed by atoms with Crippen LogP contribution in [0.25, 0.3) is 0 Å². The minimum absolute atomic E-state index is 0.371. The first-order valence-corrected chi connectivity index (χ1v) is 8.24. The van der Waals surface area contributed by atoms with Crippen LogP contribution in [0.2, 0.25) is 0 Å². The summed E-state index contributed by atoms with van der Waals surface area (Å²) in [7, 11) is 1.72. The van der Waals surface area contributed by atoms with Gasteiger partial charge in [-0.2, -0.15) is 0 Å². The van der Waals surface area contributed by atoms with E-state index in [1.807, 2.05) is 0 Å². The van der Waals surface area contributed by atoms with Crippen LogP contribution in [0.3, 0.4) is 0 Å². The maximum atomic E-state index is 5.26. The highest BCUT2D eigenvalue weighted by atomic mass is 16.5. The second-order valence-electron chi connectivity index (χ2n) is 6.75. The van der Waals surface area contributed by atoms with Crippen molar-refractivity contribution in [3.05, 3.63) is 65.7 Å². The fourth-order valence-electron chi connectivity index (χ4n) is 3.48. The first kappa shape index (κ1) is 13.8. The molecule has 0 radical (unpaired) electrons. The van der Waals surface area contributed by atoms with E-state index in [4.69, 9.17) is 4.74 Å². The molecule has 0 bridgehead atoms. The van der Waals surface area contributed by atoms with Gasteiger partial charge in [-0.3, -0.25) is 0 Å². The van der Waals surface area contributed by atoms with Gasteiger partial charge in [0.25, 0.3) is 0 Å². The van der Waals surface area contributed by atoms with Gasteiger partial charge in [-0.15, -0.1) is 0 Å². The molecule has 2 aromatic rings. The Kier molecular flexibility index (Phi) is 3.42. The van der Waals surface area contributed by atoms with Gasteiger partial charge in [0.2, 0.25) is 0 Å². The zero-order valence-corrected chi connectivity index (χ0v) is 13.1. The Bertz CT molecular complexity index is 631. The molecule has 2 heteroatoms. The molecule has 2 fully saturated rings. The van der Waals surface area contributed by atoms with Crippen LogP contribution in [-0.2, 0) is 5.41 Å². The van der Waals surface area contributed by atoms with Gasteiger partial charge in [-0.25, -0.2) is 0 Å². The minimum atomic E-state index is 0.371. The van der Waals surface area contributed by atoms with E-state index in [9.17, 15) is 0 Å². The van der Waals surface area contributed by atoms with Crippen LogP contribution >= 0.6 is 0 Å². The molecule has 114 valence electrons. The van der Waals surface area contributed by atoms with Crippen molar-refractivity contribution in [3.8, 4) is 5.75 Å². The highest BCUT2D eigenvalue weighted by Crippen LogP contribution is 2.49. The molecule has 1 N–H and O–H groups in total. The Morgan fingerprint density at radius 1 is 1.05 bits per heavy atom. The Balaban J connectivity index is 1.36. The van der Waals surface area contributed by atoms with Crippen molar-refractivity contribution in [2.24, 2.45) is 0 Å². The first-order valence-electron chi connectivity index (χ1n) is 8.24. The van der Waals surface area contributed by atoms with E-state index >= 15 is 0 Å². The summed E-state index contributed by atoms with van der Waals surface area (Å²) in [4.78, 5) is 0. The van der Waals surface area contributed by atoms with Crippen molar-refractivity contribution < 1.29 is 4.74 Å². The monoisotopic (exact) mass is 293 g/mol. The van der Waals surface area contributed by atoms with Gasteiger partial charge in [-0.1, -0.05) is 42.5 Å². The molecule has 4 rings (SSSR count). The fourth-order valence-corrected chi connectivity index (χ4v) is 3.48. The first-order chi connectivity index (χ1) is 10.8. The smallest absolute Gasteiger partial charge is 0.118 e. The number of ether oxygens (including phenoxy) is 1. The van der Waals surface area contributed by atoms with E-state index < -0.39 is 0 Å². The SMILES string of the molecule is COc1ccc(C2(CN[C@H]3CC3c3ccccc3)CC2)cc1. The lowest BCUT2D eigenvalue weighted by Crippen LogP contribution is -2.29. The van der Waals surface area contributed by atoms with Crippen LogP contribution in [0, 0.1) is 0 Å². The molecule has 22 heavy (non-hydrogen) atoms. The Morgan fingerprint density at radius 2 is 1.77 bits per heavy atom. The fraction of sp³-hybridized carbons (Fsp3) is 0.400. The average Bonchev–Trinajstić information content (AvgIpc) is 3.48. The molecule has 2 aromatic carbocycles. The van der Waals surface area contributed by atoms with Gasteiger partial charge in [-0.05, 0) is 42.5 Å². The average molecular weight is 293 g/mol. The zero-order valence-electron chi connectivity index (χ0n) is 13.1. The van der Waals surface area contributed by atoms with Gasteiger partial charge in [0.05, 0.1) is 7.11 Å². The molecular formula is C20H23NO. The summed E-state index contributed by atoms with van der Waals surface area (Å²) in [6.45, 7) is 1.10. The third-order valence-corrected chi connectivity index (χ3v) is 5.28. The molecule has 2 atom stereocenters. The van der Waals surface area contributed by atoms with E-state index in [2.05, 4.69) is 59.9 Å². The van der Waals surface area contributed by atoms with Gasteiger partial charge in [0.1, 0.15) is 5.75 Å². The molecule has 0 heterocycles. The number of hydrogen-bond donors (Lipinski definition) is 1. The molecule has 0 saturated heterocycles. The van der Waals surface area contributed by atoms with E-state index in [-0.39, 0.29) is 0 Å². The summed E-state index contributed by atoms with van der Waals surface area (Å²) >= 11 is 0. The lowest BCUT2D eigenvalue weighted by atomic mass is 9.96. The molecule has 2 nitrogen and oxygen atoms in total. The molecule has 0 aliphatic heterocycles. The largest absolute Gasteiger partial charge is 0.497 e. The molecule has 0 aromatic heterocycles. The van der Waals surface area contributed by atoms with Crippen molar-refractivity contribution in [3.63, 3.8) is 0 Å². The number of benzene rings is 2. The molecule has 2 aliphatic rings. The zero-order chi connectivity index (χ0) is 15.0. The lowest BCUT2D eigenvalue weighted by Gasteiger charge is -2.17. The number of nitrogens with one attached hydrogen (secondary N) is 1. The van der Waals surface area contributed by atoms with Crippen molar-refractivity contribution in [1.29, 1.82) is 0 Å². The topological polar surface area (TPSA) is 21.3 Å². The Labute approximate surface area is 132 Å². The van der Waals surface area contributed by atoms with Crippen molar-refractivity contribution in [1.82, 2.24) is 5.32 Å². The van der Waals surface area contributed by atoms with Crippen molar-refractivity contribution in [2.45, 2.75) is 36.6 Å². The molecular weight excluding hydrogens is 270 g/mol. The van der Waals surface area contributed by atoms with E-state index in [1.54, 1.807) is 7.11 Å². The summed E-state index contributed by atoms with van der Waals surface area (Å²) in [6, 6.07) is 20.2. The molecule has 0 spiro atoms. The van der Waals surface area contributed by atoms with Gasteiger partial charge >= 0.3 is 0 Å². The summed E-state index contributed by atoms with van der Waals surface area (Å²) in [5, 5.41) is 3.80. The summed E-state index contributed by atoms with van der Waals surface area (Å²) in [6.07, 6.45) is 3.88. The number of hydrogen-bond acceptors (Lipinski definition) is 2. The van der Waals surface area contributed by atoms with Gasteiger partial charge in [0, 0.05) is 23.9 Å². The second-order valence-corrected chi connectivity index (χ2v) is 6.75. The highest BCUT2D eigenvalue weighted by molar-refractivity contribution is 5.37. The second kappa shape index (κ2) is 5.44. The van der Waals surface area contributed by atoms with Gasteiger partial charge < -0.3 is 10.1 Å². The van der Waals surface area contributed by atoms with Crippen LogP contribution in [0.1, 0.15) is 36.3 Å². The van der Waals surface area contributed by atoms with Crippen molar-refractivity contribution in [2.75, 3.05) is 13.7 Å². The Morgan fingerprint density at radius 3 is 2.41 bits per heavy atom. The lowest BCUT2D eigenvalue weighted by molar-refractivity contribution is 0.414. The van der Waals surface area contributed by atoms with Crippen LogP contribution in [0.5, 0.6) is 5.75 Å². The number of methoxy groups -OCH3 is 1. The van der Waals surface area contributed by atoms with E-state index in [0.717, 1.165) is 12.3 Å². The van der Waals surface area contributed by atoms with E-state index in [1.165, 1.54) is 30.4 Å². The highest BCUT2D eigenvalue weighted by Gasteiger charge is 2.46. The number of rotatable bonds is 6. The third-order valence-electron chi connectivity index (χ3n) is 5.28. The Hall–Kier alpha value is -1.80. The van der Waals surface area contributed by atoms with Crippen LogP contribution in [0.15, 0.2) is 54.6 Å². The van der Waals surface area contributed by atoms with Crippen LogP contribution < -0.4 is 10.1 Å². The van der Waals surface area contributed by atoms with Gasteiger partial charge in [0.15, 0.2) is 0 Å². The summed E-state index contributed by atoms with van der Waals surface area (Å²) < 4.78 is 5.26. The molecule has 1 unspecified atom stereocenters. The summed E-state index contributed by atoms with van der Waals surface area (Å²) in [5.41, 5.74) is 3.31. The van der Waals surface area contributed by atoms with Crippen molar-refractivity contribution >= 4 is 0 Å². The molecule has 0 amide bonds. The molecule has 2 aliphatic carbocycles. The standard InChI is InChI=1S/C20H23NO/c1-22-17-9-7-16(8-10-17)20(11-12-20)14-21-19-13-18(19)15-5-3-2-4-6-15/h2-10,18-19,21H,11-14H2,1H3/t18?,19-/m0/s1.